The number of rotatable bonds is 7. The molecule has 2 saturated heterocycles. The van der Waals surface area contributed by atoms with Gasteiger partial charge in [0.2, 0.25) is 18.6 Å². The summed E-state index contributed by atoms with van der Waals surface area (Å²) in [4.78, 5) is 57.5. The van der Waals surface area contributed by atoms with Crippen LogP contribution in [0.15, 0.2) is 24.5 Å². The van der Waals surface area contributed by atoms with Gasteiger partial charge in [-0.3, -0.25) is 9.59 Å². The van der Waals surface area contributed by atoms with Crippen molar-refractivity contribution in [2.45, 2.75) is 77.9 Å². The van der Waals surface area contributed by atoms with Crippen molar-refractivity contribution < 1.29 is 28.6 Å². The molecule has 3 aromatic rings. The number of nitrogens with one attached hydrogen (secondary N) is 3. The summed E-state index contributed by atoms with van der Waals surface area (Å²) < 4.78 is 16.3. The summed E-state index contributed by atoms with van der Waals surface area (Å²) in [6.45, 7) is 9.24. The number of ether oxygens (including phenoxy) is 3. The van der Waals surface area contributed by atoms with Crippen molar-refractivity contribution >= 4 is 17.9 Å². The van der Waals surface area contributed by atoms with Crippen molar-refractivity contribution in [1.29, 1.82) is 0 Å². The molecule has 50 heavy (non-hydrogen) atoms. The predicted octanol–water partition coefficient (Wildman–Crippen LogP) is 4.41. The van der Waals surface area contributed by atoms with E-state index in [1.165, 1.54) is 7.11 Å². The molecule has 3 unspecified atom stereocenters. The van der Waals surface area contributed by atoms with Gasteiger partial charge in [0.25, 0.3) is 0 Å². The molecule has 6 rings (SSSR count). The number of imidazole rings is 2. The molecule has 3 atom stereocenters. The Hall–Kier alpha value is -5.43. The van der Waals surface area contributed by atoms with E-state index < -0.39 is 12.1 Å². The van der Waals surface area contributed by atoms with Crippen LogP contribution in [0.2, 0.25) is 0 Å². The second-order valence-electron chi connectivity index (χ2n) is 13.5. The van der Waals surface area contributed by atoms with Crippen LogP contribution in [0.3, 0.4) is 0 Å². The highest BCUT2D eigenvalue weighted by Gasteiger charge is 2.37. The van der Waals surface area contributed by atoms with Gasteiger partial charge in [-0.25, -0.2) is 14.8 Å². The Morgan fingerprint density at radius 1 is 0.880 bits per heavy atom. The van der Waals surface area contributed by atoms with Crippen LogP contribution in [0.25, 0.3) is 0 Å². The van der Waals surface area contributed by atoms with E-state index in [0.717, 1.165) is 38.1 Å². The quantitative estimate of drug-likeness (QED) is 0.310. The number of aromatic nitrogens is 4. The van der Waals surface area contributed by atoms with Crippen LogP contribution in [0.4, 0.5) is 4.79 Å². The van der Waals surface area contributed by atoms with Crippen LogP contribution in [0.5, 0.6) is 11.5 Å². The molecule has 1 aromatic carbocycles. The van der Waals surface area contributed by atoms with Gasteiger partial charge in [-0.2, -0.15) is 0 Å². The summed E-state index contributed by atoms with van der Waals surface area (Å²) in [6, 6.07) is 2.66. The van der Waals surface area contributed by atoms with E-state index >= 15 is 0 Å². The number of alkyl carbamates (subject to hydrolysis) is 1. The lowest BCUT2D eigenvalue weighted by Crippen LogP contribution is -2.51. The van der Waals surface area contributed by atoms with Crippen LogP contribution >= 0.6 is 0 Å². The van der Waals surface area contributed by atoms with Gasteiger partial charge in [-0.1, -0.05) is 39.5 Å². The fourth-order valence-electron chi connectivity index (χ4n) is 6.61. The van der Waals surface area contributed by atoms with Gasteiger partial charge in [-0.15, -0.1) is 0 Å². The number of hydrogen-bond acceptors (Lipinski definition) is 8. The number of H-pyrrole nitrogens is 2. The second-order valence-corrected chi connectivity index (χ2v) is 13.5. The maximum absolute atomic E-state index is 13.5. The average Bonchev–Trinajstić information content (AvgIpc) is 3.93. The molecule has 3 N–H and O–H groups in total. The van der Waals surface area contributed by atoms with Crippen molar-refractivity contribution in [2.24, 2.45) is 11.8 Å². The number of hydrogen-bond donors (Lipinski definition) is 3. The Morgan fingerprint density at radius 3 is 1.94 bits per heavy atom. The molecular weight excluding hydrogens is 638 g/mol. The van der Waals surface area contributed by atoms with Crippen molar-refractivity contribution in [3.63, 3.8) is 0 Å². The summed E-state index contributed by atoms with van der Waals surface area (Å²) in [5.41, 5.74) is 2.54. The number of nitrogens with zero attached hydrogens (tertiary/aromatic N) is 4. The van der Waals surface area contributed by atoms with E-state index in [0.29, 0.717) is 58.7 Å². The molecule has 0 spiro atoms. The van der Waals surface area contributed by atoms with Crippen LogP contribution in [0, 0.1) is 35.5 Å². The zero-order valence-electron chi connectivity index (χ0n) is 29.1. The summed E-state index contributed by atoms with van der Waals surface area (Å²) in [5, 5.41) is 2.67. The van der Waals surface area contributed by atoms with E-state index in [4.69, 9.17) is 14.2 Å². The molecule has 3 aliphatic rings. The third kappa shape index (κ3) is 7.42. The van der Waals surface area contributed by atoms with Crippen LogP contribution in [-0.2, 0) is 14.3 Å². The zero-order chi connectivity index (χ0) is 35.4. The number of benzene rings is 1. The molecule has 13 heteroatoms. The minimum Gasteiger partial charge on any atom is -0.453 e. The monoisotopic (exact) mass is 681 g/mol. The Labute approximate surface area is 291 Å². The topological polar surface area (TPSA) is 155 Å². The standard InChI is InChI=1S/C37H43N7O6/c1-22(2)18-30(45)43-16-6-8-28(43)34-38-19-26(40-34)14-12-24-10-11-25(33-32(24)49-21-50-33)13-15-27-20-39-35(41-27)29-9-7-17-44(29)36(46)31(23(3)4)42-37(47)48-5/h10-11,19-20,22-23,28-29,31H,6-9,16-18,21H2,1-5H3,(H,38,40)(H,39,41)(H,42,47). The molecule has 13 nitrogen and oxygen atoms in total. The SMILES string of the molecule is COC(=O)NC(C(=O)N1CCCC1c1ncc(C#Cc2ccc(C#Cc3cnc(C4CCCN4C(=O)CC(C)C)[nH]3)c3c2OCO3)[nH]1)C(C)C. The maximum Gasteiger partial charge on any atom is 0.407 e. The first-order valence-corrected chi connectivity index (χ1v) is 17.1. The normalized spacial score (nSPS) is 18.5. The maximum atomic E-state index is 13.5. The molecule has 5 heterocycles. The number of aromatic amines is 2. The number of amides is 3. The van der Waals surface area contributed by atoms with Gasteiger partial charge in [0, 0.05) is 19.5 Å². The highest BCUT2D eigenvalue weighted by molar-refractivity contribution is 5.86. The Morgan fingerprint density at radius 2 is 1.42 bits per heavy atom. The van der Waals surface area contributed by atoms with Gasteiger partial charge < -0.3 is 39.3 Å². The lowest BCUT2D eigenvalue weighted by molar-refractivity contribution is -0.135. The van der Waals surface area contributed by atoms with Crippen molar-refractivity contribution in [2.75, 3.05) is 27.0 Å². The number of likely N-dealkylation sites (tertiary alicyclic amines) is 2. The number of carbonyl (C=O) groups is 3. The Balaban J connectivity index is 1.15. The minimum atomic E-state index is -0.708. The first-order valence-electron chi connectivity index (χ1n) is 17.1. The van der Waals surface area contributed by atoms with Crippen LogP contribution in [0.1, 0.15) is 106 Å². The summed E-state index contributed by atoms with van der Waals surface area (Å²) in [6.07, 6.45) is 6.62. The molecule has 3 amide bonds. The minimum absolute atomic E-state index is 0.0563. The average molecular weight is 682 g/mol. The molecule has 3 aliphatic heterocycles. The first kappa shape index (κ1) is 34.4. The molecule has 0 radical (unpaired) electrons. The van der Waals surface area contributed by atoms with Gasteiger partial charge in [-0.05, 0) is 61.5 Å². The molecule has 2 fully saturated rings. The van der Waals surface area contributed by atoms with Crippen molar-refractivity contribution in [3.05, 3.63) is 58.7 Å². The second kappa shape index (κ2) is 15.0. The summed E-state index contributed by atoms with van der Waals surface area (Å²) >= 11 is 0. The lowest BCUT2D eigenvalue weighted by atomic mass is 10.0. The molecule has 0 aliphatic carbocycles. The Bertz CT molecular complexity index is 1870. The van der Waals surface area contributed by atoms with Gasteiger partial charge >= 0.3 is 6.09 Å². The largest absolute Gasteiger partial charge is 0.453 e. The van der Waals surface area contributed by atoms with Crippen LogP contribution < -0.4 is 14.8 Å². The number of carbonyl (C=O) groups excluding carboxylic acids is 3. The number of methoxy groups -OCH3 is 1. The molecule has 262 valence electrons. The van der Waals surface area contributed by atoms with E-state index in [9.17, 15) is 14.4 Å². The fourth-order valence-corrected chi connectivity index (χ4v) is 6.61. The van der Waals surface area contributed by atoms with Crippen molar-refractivity contribution in [1.82, 2.24) is 35.1 Å². The summed E-state index contributed by atoms with van der Waals surface area (Å²) in [7, 11) is 1.28. The first-order chi connectivity index (χ1) is 24.1. The van der Waals surface area contributed by atoms with Gasteiger partial charge in [0.15, 0.2) is 11.5 Å². The van der Waals surface area contributed by atoms with E-state index in [1.54, 1.807) is 17.3 Å². The molecular formula is C37H43N7O6. The van der Waals surface area contributed by atoms with E-state index in [1.807, 2.05) is 30.9 Å². The zero-order valence-corrected chi connectivity index (χ0v) is 29.1. The smallest absolute Gasteiger partial charge is 0.407 e. The highest BCUT2D eigenvalue weighted by atomic mass is 16.7. The predicted molar refractivity (Wildman–Crippen MR) is 183 cm³/mol. The van der Waals surface area contributed by atoms with Gasteiger partial charge in [0.1, 0.15) is 29.1 Å². The molecule has 0 bridgehead atoms. The Kier molecular flexibility index (Phi) is 10.3. The molecule has 0 saturated carbocycles. The lowest BCUT2D eigenvalue weighted by Gasteiger charge is -2.29. The highest BCUT2D eigenvalue weighted by Crippen LogP contribution is 2.38. The molecule has 2 aromatic heterocycles. The fraction of sp³-hybridized carbons (Fsp3) is 0.486. The third-order valence-electron chi connectivity index (χ3n) is 9.09. The van der Waals surface area contributed by atoms with E-state index in [2.05, 4.69) is 62.8 Å². The van der Waals surface area contributed by atoms with Crippen molar-refractivity contribution in [3.8, 4) is 35.2 Å². The summed E-state index contributed by atoms with van der Waals surface area (Å²) in [5.74, 6) is 15.2. The van der Waals surface area contributed by atoms with Crippen LogP contribution in [-0.4, -0.2) is 80.7 Å². The van der Waals surface area contributed by atoms with Gasteiger partial charge in [0.05, 0.1) is 42.7 Å². The van der Waals surface area contributed by atoms with E-state index in [-0.39, 0.29) is 36.6 Å². The third-order valence-corrected chi connectivity index (χ3v) is 9.09. The number of fused-ring (bicyclic) bond motifs is 1.